The number of hydrogen-bond donors (Lipinski definition) is 1. The van der Waals surface area contributed by atoms with E-state index in [0.717, 1.165) is 0 Å². The van der Waals surface area contributed by atoms with E-state index in [1.807, 2.05) is 0 Å². The second-order valence-corrected chi connectivity index (χ2v) is 3.92. The number of hydrogen-bond acceptors (Lipinski definition) is 4. The van der Waals surface area contributed by atoms with Gasteiger partial charge in [0.05, 0.1) is 11.5 Å². The van der Waals surface area contributed by atoms with Crippen LogP contribution in [0.3, 0.4) is 0 Å². The highest BCUT2D eigenvalue weighted by Gasteiger charge is 2.36. The molecule has 0 fully saturated rings. The van der Waals surface area contributed by atoms with Crippen LogP contribution in [0.15, 0.2) is 6.08 Å². The maximum Gasteiger partial charge on any atom is 0.443 e. The third-order valence-electron chi connectivity index (χ3n) is 1.63. The van der Waals surface area contributed by atoms with Crippen molar-refractivity contribution in [2.24, 2.45) is 0 Å². The van der Waals surface area contributed by atoms with E-state index >= 15 is 0 Å². The molecule has 1 aromatic heterocycles. The molecule has 0 aliphatic heterocycles. The molecule has 0 unspecified atom stereocenters. The van der Waals surface area contributed by atoms with Crippen molar-refractivity contribution in [2.45, 2.75) is 6.18 Å². The molecule has 0 atom stereocenters. The lowest BCUT2D eigenvalue weighted by molar-refractivity contribution is -0.137. The maximum atomic E-state index is 12.3. The summed E-state index contributed by atoms with van der Waals surface area (Å²) in [5.74, 6) is -1.49. The first-order valence-electron chi connectivity index (χ1n) is 4.33. The van der Waals surface area contributed by atoms with Gasteiger partial charge in [-0.05, 0) is 6.08 Å². The number of methoxy groups -OCH3 is 1. The number of halogens is 3. The fourth-order valence-electron chi connectivity index (χ4n) is 0.971. The lowest BCUT2D eigenvalue weighted by Gasteiger charge is -1.98. The van der Waals surface area contributed by atoms with Crippen molar-refractivity contribution in [3.05, 3.63) is 21.7 Å². The maximum absolute atomic E-state index is 12.3. The first-order chi connectivity index (χ1) is 7.86. The summed E-state index contributed by atoms with van der Waals surface area (Å²) in [6.07, 6.45) is -1.97. The van der Waals surface area contributed by atoms with Gasteiger partial charge < -0.3 is 9.84 Å². The average Bonchev–Trinajstić information content (AvgIpc) is 2.61. The summed E-state index contributed by atoms with van der Waals surface area (Å²) in [6, 6.07) is 0. The van der Waals surface area contributed by atoms with Crippen molar-refractivity contribution < 1.29 is 27.8 Å². The van der Waals surface area contributed by atoms with Crippen LogP contribution in [0.5, 0.6) is 0 Å². The summed E-state index contributed by atoms with van der Waals surface area (Å²) >= 11 is 0.286. The zero-order valence-corrected chi connectivity index (χ0v) is 9.43. The average molecular weight is 267 g/mol. The van der Waals surface area contributed by atoms with Crippen LogP contribution in [-0.2, 0) is 10.9 Å². The van der Waals surface area contributed by atoms with Crippen molar-refractivity contribution >= 4 is 23.4 Å². The fourth-order valence-corrected chi connectivity index (χ4v) is 1.83. The second kappa shape index (κ2) is 5.28. The standard InChI is InChI=1S/C9H8F3NO3S/c1-16-4-2-3-5-6(7(14)15)13-8(17-5)9(10,11)12/h2-3H,4H2,1H3,(H,14,15). The Labute approximate surface area is 98.4 Å². The number of nitrogens with zero attached hydrogens (tertiary/aromatic N) is 1. The molecule has 0 aliphatic carbocycles. The van der Waals surface area contributed by atoms with E-state index in [4.69, 9.17) is 5.11 Å². The Kier molecular flexibility index (Phi) is 4.24. The SMILES string of the molecule is COCC=Cc1sc(C(F)(F)F)nc1C(=O)O. The fraction of sp³-hybridized carbons (Fsp3) is 0.333. The smallest absolute Gasteiger partial charge is 0.443 e. The minimum Gasteiger partial charge on any atom is -0.476 e. The van der Waals surface area contributed by atoms with Crippen molar-refractivity contribution in [1.29, 1.82) is 0 Å². The molecule has 0 saturated carbocycles. The topological polar surface area (TPSA) is 59.4 Å². The second-order valence-electron chi connectivity index (χ2n) is 2.89. The quantitative estimate of drug-likeness (QED) is 0.910. The van der Waals surface area contributed by atoms with Gasteiger partial charge in [0.15, 0.2) is 10.7 Å². The molecule has 0 bridgehead atoms. The van der Waals surface area contributed by atoms with E-state index < -0.39 is 22.8 Å². The van der Waals surface area contributed by atoms with Crippen LogP contribution in [-0.4, -0.2) is 29.8 Å². The molecule has 0 saturated heterocycles. The third kappa shape index (κ3) is 3.53. The number of alkyl halides is 3. The predicted octanol–water partition coefficient (Wildman–Crippen LogP) is 2.52. The minimum atomic E-state index is -4.64. The van der Waals surface area contributed by atoms with Crippen molar-refractivity contribution in [2.75, 3.05) is 13.7 Å². The lowest BCUT2D eigenvalue weighted by Crippen LogP contribution is -2.06. The summed E-state index contributed by atoms with van der Waals surface area (Å²) in [7, 11) is 1.41. The van der Waals surface area contributed by atoms with E-state index in [0.29, 0.717) is 0 Å². The van der Waals surface area contributed by atoms with Gasteiger partial charge in [-0.1, -0.05) is 6.08 Å². The van der Waals surface area contributed by atoms with Gasteiger partial charge in [0.1, 0.15) is 0 Å². The Morgan fingerprint density at radius 1 is 1.59 bits per heavy atom. The van der Waals surface area contributed by atoms with E-state index in [1.165, 1.54) is 19.3 Å². The molecule has 0 amide bonds. The summed E-state index contributed by atoms with van der Waals surface area (Å²) < 4.78 is 41.7. The van der Waals surface area contributed by atoms with Gasteiger partial charge in [-0.2, -0.15) is 13.2 Å². The molecular formula is C9H8F3NO3S. The Morgan fingerprint density at radius 3 is 2.71 bits per heavy atom. The summed E-state index contributed by atoms with van der Waals surface area (Å²) in [5, 5.41) is 7.54. The van der Waals surface area contributed by atoms with Crippen LogP contribution < -0.4 is 0 Å². The molecule has 1 heterocycles. The lowest BCUT2D eigenvalue weighted by atomic mass is 10.3. The zero-order chi connectivity index (χ0) is 13.1. The summed E-state index contributed by atoms with van der Waals surface area (Å²) in [4.78, 5) is 13.7. The molecule has 0 spiro atoms. The number of aromatic carboxylic acids is 1. The third-order valence-corrected chi connectivity index (χ3v) is 2.70. The molecule has 1 aromatic rings. The van der Waals surface area contributed by atoms with E-state index in [1.54, 1.807) is 0 Å². The van der Waals surface area contributed by atoms with E-state index in [9.17, 15) is 18.0 Å². The Balaban J connectivity index is 3.10. The number of carboxylic acid groups (broad SMARTS) is 1. The monoisotopic (exact) mass is 267 g/mol. The number of rotatable bonds is 4. The highest BCUT2D eigenvalue weighted by molar-refractivity contribution is 7.13. The van der Waals surface area contributed by atoms with Gasteiger partial charge in [0.2, 0.25) is 0 Å². The molecule has 4 nitrogen and oxygen atoms in total. The first kappa shape index (κ1) is 13.7. The van der Waals surface area contributed by atoms with E-state index in [2.05, 4.69) is 9.72 Å². The van der Waals surface area contributed by atoms with Crippen LogP contribution in [0.2, 0.25) is 0 Å². The van der Waals surface area contributed by atoms with Gasteiger partial charge in [0.25, 0.3) is 0 Å². The van der Waals surface area contributed by atoms with Crippen LogP contribution in [0.1, 0.15) is 20.4 Å². The molecular weight excluding hydrogens is 259 g/mol. The first-order valence-corrected chi connectivity index (χ1v) is 5.14. The van der Waals surface area contributed by atoms with Gasteiger partial charge >= 0.3 is 12.1 Å². The summed E-state index contributed by atoms with van der Waals surface area (Å²) in [5.41, 5.74) is -0.602. The number of carbonyl (C=O) groups is 1. The van der Waals surface area contributed by atoms with Gasteiger partial charge in [0, 0.05) is 7.11 Å². The minimum absolute atomic E-state index is 0.0538. The summed E-state index contributed by atoms with van der Waals surface area (Å²) in [6.45, 7) is 0.179. The van der Waals surface area contributed by atoms with Crippen LogP contribution in [0.4, 0.5) is 13.2 Å². The van der Waals surface area contributed by atoms with Gasteiger partial charge in [-0.15, -0.1) is 11.3 Å². The molecule has 1 rings (SSSR count). The van der Waals surface area contributed by atoms with E-state index in [-0.39, 0.29) is 22.8 Å². The number of thiazole rings is 1. The Morgan fingerprint density at radius 2 is 2.24 bits per heavy atom. The molecule has 94 valence electrons. The molecule has 0 aromatic carbocycles. The normalized spacial score (nSPS) is 12.2. The highest BCUT2D eigenvalue weighted by Crippen LogP contribution is 2.34. The van der Waals surface area contributed by atoms with Gasteiger partial charge in [-0.25, -0.2) is 9.78 Å². The predicted molar refractivity (Wildman–Crippen MR) is 55.0 cm³/mol. The Bertz CT molecular complexity index is 439. The van der Waals surface area contributed by atoms with Crippen molar-refractivity contribution in [3.8, 4) is 0 Å². The van der Waals surface area contributed by atoms with Crippen molar-refractivity contribution in [1.82, 2.24) is 4.98 Å². The molecule has 1 N–H and O–H groups in total. The highest BCUT2D eigenvalue weighted by atomic mass is 32.1. The molecule has 17 heavy (non-hydrogen) atoms. The van der Waals surface area contributed by atoms with Gasteiger partial charge in [-0.3, -0.25) is 0 Å². The Hall–Kier alpha value is -1.41. The van der Waals surface area contributed by atoms with Crippen LogP contribution >= 0.6 is 11.3 Å². The number of carboxylic acids is 1. The van der Waals surface area contributed by atoms with Crippen LogP contribution in [0, 0.1) is 0 Å². The largest absolute Gasteiger partial charge is 0.476 e. The molecule has 0 radical (unpaired) electrons. The number of aromatic nitrogens is 1. The zero-order valence-electron chi connectivity index (χ0n) is 8.61. The van der Waals surface area contributed by atoms with Crippen molar-refractivity contribution in [3.63, 3.8) is 0 Å². The van der Waals surface area contributed by atoms with Crippen LogP contribution in [0.25, 0.3) is 6.08 Å². The molecule has 0 aliphatic rings. The molecule has 8 heteroatoms. The number of ether oxygens (including phenoxy) is 1.